The quantitative estimate of drug-likeness (QED) is 0.847. The van der Waals surface area contributed by atoms with Crippen LogP contribution in [-0.4, -0.2) is 16.5 Å². The smallest absolute Gasteiger partial charge is 0.268 e. The van der Waals surface area contributed by atoms with Crippen molar-refractivity contribution in [1.29, 1.82) is 0 Å². The third-order valence-corrected chi connectivity index (χ3v) is 5.72. The number of carbonyl (C=O) groups excluding carboxylic acids is 1. The second-order valence-electron chi connectivity index (χ2n) is 7.02. The van der Waals surface area contributed by atoms with Gasteiger partial charge in [0.1, 0.15) is 5.69 Å². The maximum Gasteiger partial charge on any atom is 0.268 e. The first-order valence-corrected chi connectivity index (χ1v) is 8.75. The van der Waals surface area contributed by atoms with E-state index in [9.17, 15) is 4.79 Å². The Morgan fingerprint density at radius 3 is 2.48 bits per heavy atom. The van der Waals surface area contributed by atoms with Gasteiger partial charge in [-0.3, -0.25) is 4.79 Å². The predicted molar refractivity (Wildman–Crippen MR) is 90.4 cm³/mol. The molecule has 1 amide bonds. The number of aryl methyl sites for hydroxylation is 1. The zero-order valence-corrected chi connectivity index (χ0v) is 15.2. The molecule has 0 spiro atoms. The Balaban J connectivity index is 1.89. The van der Waals surface area contributed by atoms with Gasteiger partial charge < -0.3 is 9.88 Å². The van der Waals surface area contributed by atoms with Crippen molar-refractivity contribution >= 4 is 21.8 Å². The average Bonchev–Trinajstić information content (AvgIpc) is 2.78. The first kappa shape index (κ1) is 16.6. The minimum atomic E-state index is 0.0430. The van der Waals surface area contributed by atoms with Gasteiger partial charge in [0.25, 0.3) is 5.91 Å². The van der Waals surface area contributed by atoms with Gasteiger partial charge in [-0.15, -0.1) is 0 Å². The molecule has 1 saturated carbocycles. The third kappa shape index (κ3) is 3.91. The van der Waals surface area contributed by atoms with Crippen LogP contribution in [0.4, 0.5) is 0 Å². The van der Waals surface area contributed by atoms with Crippen molar-refractivity contribution in [2.45, 2.75) is 58.9 Å². The molecule has 1 heterocycles. The monoisotopic (exact) mass is 354 g/mol. The van der Waals surface area contributed by atoms with Crippen LogP contribution in [0.2, 0.25) is 0 Å². The first-order valence-electron chi connectivity index (χ1n) is 7.96. The van der Waals surface area contributed by atoms with E-state index in [1.807, 2.05) is 23.9 Å². The van der Waals surface area contributed by atoms with Crippen LogP contribution in [0, 0.1) is 11.3 Å². The van der Waals surface area contributed by atoms with Gasteiger partial charge in [0.2, 0.25) is 0 Å². The van der Waals surface area contributed by atoms with Gasteiger partial charge in [-0.05, 0) is 59.0 Å². The molecule has 1 aliphatic rings. The lowest BCUT2D eigenvalue weighted by atomic mass is 9.69. The molecule has 2 rings (SSSR count). The molecule has 0 bridgehead atoms. The van der Waals surface area contributed by atoms with Crippen LogP contribution >= 0.6 is 15.9 Å². The standard InChI is InChI=1S/C17H27BrN2O/c1-5-17(2,3)12-6-8-14(9-7-12)19-16(21)15-10-13(18)11-20(15)4/h10-12,14H,5-9H2,1-4H3,(H,19,21). The molecule has 0 saturated heterocycles. The maximum absolute atomic E-state index is 12.3. The first-order chi connectivity index (χ1) is 9.83. The molecule has 21 heavy (non-hydrogen) atoms. The lowest BCUT2D eigenvalue weighted by Gasteiger charge is -2.39. The second-order valence-corrected chi connectivity index (χ2v) is 7.93. The number of carbonyl (C=O) groups is 1. The van der Waals surface area contributed by atoms with E-state index < -0.39 is 0 Å². The summed E-state index contributed by atoms with van der Waals surface area (Å²) in [4.78, 5) is 12.3. The minimum Gasteiger partial charge on any atom is -0.348 e. The Labute approximate surface area is 136 Å². The number of halogens is 1. The summed E-state index contributed by atoms with van der Waals surface area (Å²) >= 11 is 3.41. The van der Waals surface area contributed by atoms with E-state index in [0.717, 1.165) is 28.9 Å². The highest BCUT2D eigenvalue weighted by molar-refractivity contribution is 9.10. The van der Waals surface area contributed by atoms with Gasteiger partial charge in [0.15, 0.2) is 0 Å². The van der Waals surface area contributed by atoms with Gasteiger partial charge in [0.05, 0.1) is 0 Å². The predicted octanol–water partition coefficient (Wildman–Crippen LogP) is 4.51. The fraction of sp³-hybridized carbons (Fsp3) is 0.706. The van der Waals surface area contributed by atoms with Gasteiger partial charge in [-0.2, -0.15) is 0 Å². The van der Waals surface area contributed by atoms with Crippen molar-refractivity contribution in [3.05, 3.63) is 22.4 Å². The number of aromatic nitrogens is 1. The van der Waals surface area contributed by atoms with Crippen molar-refractivity contribution < 1.29 is 4.79 Å². The van der Waals surface area contributed by atoms with Crippen molar-refractivity contribution in [3.8, 4) is 0 Å². The zero-order valence-electron chi connectivity index (χ0n) is 13.6. The molecule has 1 N–H and O–H groups in total. The van der Waals surface area contributed by atoms with Crippen molar-refractivity contribution in [2.24, 2.45) is 18.4 Å². The van der Waals surface area contributed by atoms with Crippen LogP contribution in [-0.2, 0) is 7.05 Å². The highest BCUT2D eigenvalue weighted by Gasteiger charge is 2.32. The Hall–Kier alpha value is -0.770. The molecule has 118 valence electrons. The van der Waals surface area contributed by atoms with E-state index in [1.54, 1.807) is 0 Å². The van der Waals surface area contributed by atoms with Crippen LogP contribution in [0.1, 0.15) is 63.4 Å². The molecule has 0 atom stereocenters. The molecule has 0 unspecified atom stereocenters. The van der Waals surface area contributed by atoms with E-state index in [2.05, 4.69) is 42.0 Å². The average molecular weight is 355 g/mol. The van der Waals surface area contributed by atoms with Crippen molar-refractivity contribution in [1.82, 2.24) is 9.88 Å². The number of hydrogen-bond acceptors (Lipinski definition) is 1. The SMILES string of the molecule is CCC(C)(C)C1CCC(NC(=O)c2cc(Br)cn2C)CC1. The molecule has 0 radical (unpaired) electrons. The Morgan fingerprint density at radius 1 is 1.38 bits per heavy atom. The normalized spacial score (nSPS) is 23.1. The Morgan fingerprint density at radius 2 is 2.00 bits per heavy atom. The molecule has 4 heteroatoms. The van der Waals surface area contributed by atoms with Crippen LogP contribution in [0.3, 0.4) is 0 Å². The molecule has 0 aliphatic heterocycles. The van der Waals surface area contributed by atoms with Gasteiger partial charge in [0, 0.05) is 23.8 Å². The number of nitrogens with one attached hydrogen (secondary N) is 1. The van der Waals surface area contributed by atoms with Crippen molar-refractivity contribution in [3.63, 3.8) is 0 Å². The van der Waals surface area contributed by atoms with Crippen LogP contribution in [0.5, 0.6) is 0 Å². The number of hydrogen-bond donors (Lipinski definition) is 1. The Bertz CT molecular complexity index is 499. The minimum absolute atomic E-state index is 0.0430. The molecule has 3 nitrogen and oxygen atoms in total. The summed E-state index contributed by atoms with van der Waals surface area (Å²) < 4.78 is 2.81. The molecular weight excluding hydrogens is 328 g/mol. The number of amides is 1. The summed E-state index contributed by atoms with van der Waals surface area (Å²) in [6.07, 6.45) is 7.80. The fourth-order valence-corrected chi connectivity index (χ4v) is 3.84. The lowest BCUT2D eigenvalue weighted by Crippen LogP contribution is -2.40. The lowest BCUT2D eigenvalue weighted by molar-refractivity contribution is 0.0885. The van der Waals surface area contributed by atoms with E-state index in [4.69, 9.17) is 0 Å². The van der Waals surface area contributed by atoms with Gasteiger partial charge >= 0.3 is 0 Å². The highest BCUT2D eigenvalue weighted by Crippen LogP contribution is 2.40. The Kier molecular flexibility index (Phi) is 5.18. The summed E-state index contributed by atoms with van der Waals surface area (Å²) in [7, 11) is 1.90. The molecule has 0 aromatic carbocycles. The number of rotatable bonds is 4. The van der Waals surface area contributed by atoms with Gasteiger partial charge in [-0.25, -0.2) is 0 Å². The highest BCUT2D eigenvalue weighted by atomic mass is 79.9. The maximum atomic E-state index is 12.3. The van der Waals surface area contributed by atoms with E-state index in [-0.39, 0.29) is 5.91 Å². The summed E-state index contributed by atoms with van der Waals surface area (Å²) in [6.45, 7) is 7.03. The topological polar surface area (TPSA) is 34.0 Å². The van der Waals surface area contributed by atoms with Gasteiger partial charge in [-0.1, -0.05) is 27.2 Å². The van der Waals surface area contributed by atoms with Crippen LogP contribution in [0.15, 0.2) is 16.7 Å². The second kappa shape index (κ2) is 6.55. The van der Waals surface area contributed by atoms with Crippen molar-refractivity contribution in [2.75, 3.05) is 0 Å². The number of nitrogens with zero attached hydrogens (tertiary/aromatic N) is 1. The van der Waals surface area contributed by atoms with Crippen LogP contribution in [0.25, 0.3) is 0 Å². The molecule has 1 aromatic heterocycles. The largest absolute Gasteiger partial charge is 0.348 e. The third-order valence-electron chi connectivity index (χ3n) is 5.28. The summed E-state index contributed by atoms with van der Waals surface area (Å²) in [5, 5.41) is 3.20. The van der Waals surface area contributed by atoms with E-state index >= 15 is 0 Å². The summed E-state index contributed by atoms with van der Waals surface area (Å²) in [6, 6.07) is 2.20. The summed E-state index contributed by atoms with van der Waals surface area (Å²) in [5.41, 5.74) is 1.15. The molecular formula is C17H27BrN2O. The van der Waals surface area contributed by atoms with E-state index in [1.165, 1.54) is 19.3 Å². The molecule has 1 aromatic rings. The molecule has 1 fully saturated rings. The molecule has 1 aliphatic carbocycles. The van der Waals surface area contributed by atoms with E-state index in [0.29, 0.717) is 11.5 Å². The summed E-state index contributed by atoms with van der Waals surface area (Å²) in [5.74, 6) is 0.834. The zero-order chi connectivity index (χ0) is 15.6. The van der Waals surface area contributed by atoms with Crippen LogP contribution < -0.4 is 5.32 Å². The fourth-order valence-electron chi connectivity index (χ4n) is 3.32.